The van der Waals surface area contributed by atoms with E-state index in [0.717, 1.165) is 0 Å². The molecule has 0 amide bonds. The van der Waals surface area contributed by atoms with Crippen molar-refractivity contribution in [1.82, 2.24) is 10.2 Å². The molecule has 0 radical (unpaired) electrons. The van der Waals surface area contributed by atoms with E-state index in [0.29, 0.717) is 13.1 Å². The molecule has 0 aliphatic heterocycles. The van der Waals surface area contributed by atoms with Crippen molar-refractivity contribution in [3.8, 4) is 0 Å². The van der Waals surface area contributed by atoms with Gasteiger partial charge in [-0.2, -0.15) is 0 Å². The van der Waals surface area contributed by atoms with Gasteiger partial charge < -0.3 is 0 Å². The van der Waals surface area contributed by atoms with Crippen LogP contribution in [0.4, 0.5) is 0 Å². The van der Waals surface area contributed by atoms with Crippen molar-refractivity contribution in [1.29, 1.82) is 0 Å². The number of hydrogen-bond acceptors (Lipinski definition) is 2. The summed E-state index contributed by atoms with van der Waals surface area (Å²) in [5.74, 6) is 0. The lowest BCUT2D eigenvalue weighted by Crippen LogP contribution is -2.31. The molecule has 0 fully saturated rings. The van der Waals surface area contributed by atoms with E-state index in [2.05, 4.69) is 5.43 Å². The van der Waals surface area contributed by atoms with Crippen molar-refractivity contribution >= 4 is 8.18 Å². The molecular formula is C4H12N2O2P+. The zero-order valence-electron chi connectivity index (χ0n) is 5.66. The number of hydrazine groups is 1. The van der Waals surface area contributed by atoms with Gasteiger partial charge in [0.15, 0.2) is 0 Å². The maximum atomic E-state index is 10.3. The van der Waals surface area contributed by atoms with E-state index >= 15 is 0 Å². The lowest BCUT2D eigenvalue weighted by molar-refractivity contribution is 0.308. The van der Waals surface area contributed by atoms with E-state index in [4.69, 9.17) is 4.89 Å². The summed E-state index contributed by atoms with van der Waals surface area (Å²) in [6, 6.07) is 0. The van der Waals surface area contributed by atoms with Gasteiger partial charge in [0.2, 0.25) is 0 Å². The zero-order chi connectivity index (χ0) is 7.28. The Morgan fingerprint density at radius 3 is 2.33 bits per heavy atom. The molecule has 54 valence electrons. The largest absolute Gasteiger partial charge is 0.628 e. The fourth-order valence-corrected chi connectivity index (χ4v) is 0.980. The van der Waals surface area contributed by atoms with E-state index in [1.165, 1.54) is 4.78 Å². The highest BCUT2D eigenvalue weighted by molar-refractivity contribution is 7.35. The number of nitrogens with zero attached hydrogens (tertiary/aromatic N) is 1. The first-order valence-electron chi connectivity index (χ1n) is 2.89. The van der Waals surface area contributed by atoms with Crippen LogP contribution in [0.3, 0.4) is 0 Å². The Hall–Kier alpha value is -0.0200. The monoisotopic (exact) mass is 151 g/mol. The normalized spacial score (nSPS) is 12.2. The first kappa shape index (κ1) is 8.98. The van der Waals surface area contributed by atoms with Crippen molar-refractivity contribution in [2.75, 3.05) is 13.1 Å². The quantitative estimate of drug-likeness (QED) is 0.453. The van der Waals surface area contributed by atoms with Crippen molar-refractivity contribution in [3.05, 3.63) is 0 Å². The second-order valence-corrected chi connectivity index (χ2v) is 2.47. The summed E-state index contributed by atoms with van der Waals surface area (Å²) < 4.78 is 11.6. The molecule has 4 nitrogen and oxygen atoms in total. The molecule has 0 heterocycles. The lowest BCUT2D eigenvalue weighted by atomic mass is 10.8. The van der Waals surface area contributed by atoms with Gasteiger partial charge in [-0.3, -0.25) is 0 Å². The van der Waals surface area contributed by atoms with Crippen LogP contribution < -0.4 is 5.43 Å². The molecule has 9 heavy (non-hydrogen) atoms. The van der Waals surface area contributed by atoms with Crippen molar-refractivity contribution in [2.24, 2.45) is 0 Å². The molecule has 0 saturated heterocycles. The van der Waals surface area contributed by atoms with E-state index in [-0.39, 0.29) is 0 Å². The maximum Gasteiger partial charge on any atom is 0.628 e. The van der Waals surface area contributed by atoms with Crippen molar-refractivity contribution in [3.63, 3.8) is 0 Å². The van der Waals surface area contributed by atoms with Crippen molar-refractivity contribution < 1.29 is 9.46 Å². The molecule has 0 spiro atoms. The van der Waals surface area contributed by atoms with E-state index < -0.39 is 8.18 Å². The first-order chi connectivity index (χ1) is 4.22. The minimum Gasteiger partial charge on any atom is -0.212 e. The van der Waals surface area contributed by atoms with Gasteiger partial charge in [0.1, 0.15) is 0 Å². The number of hydrogen-bond donors (Lipinski definition) is 2. The second-order valence-electron chi connectivity index (χ2n) is 1.48. The predicted molar refractivity (Wildman–Crippen MR) is 35.9 cm³/mol. The van der Waals surface area contributed by atoms with Gasteiger partial charge in [0.05, 0.1) is 6.54 Å². The molecule has 0 bridgehead atoms. The third-order valence-electron chi connectivity index (χ3n) is 0.847. The Labute approximate surface area is 55.8 Å². The van der Waals surface area contributed by atoms with E-state index in [1.807, 2.05) is 13.8 Å². The van der Waals surface area contributed by atoms with Gasteiger partial charge in [-0.1, -0.05) is 6.92 Å². The summed E-state index contributed by atoms with van der Waals surface area (Å²) in [6.45, 7) is 4.91. The molecule has 5 heteroatoms. The summed E-state index contributed by atoms with van der Waals surface area (Å²) in [4.78, 5) is 8.52. The Bertz CT molecular complexity index is 98.6. The van der Waals surface area contributed by atoms with Gasteiger partial charge in [-0.05, 0) is 11.5 Å². The van der Waals surface area contributed by atoms with Gasteiger partial charge in [-0.25, -0.2) is 5.43 Å². The fourth-order valence-electron chi connectivity index (χ4n) is 0.476. The standard InChI is InChI=1S/C4H11N2O2P/c1-3-5-6(4-2)9(7)8/h5H,3-4H2,1-2H3/p+1. The highest BCUT2D eigenvalue weighted by Gasteiger charge is 2.21. The predicted octanol–water partition coefficient (Wildman–Crippen LogP) is 0.482. The molecule has 0 aromatic heterocycles. The zero-order valence-corrected chi connectivity index (χ0v) is 6.56. The van der Waals surface area contributed by atoms with Crippen LogP contribution in [0.5, 0.6) is 0 Å². The molecule has 0 aromatic carbocycles. The minimum absolute atomic E-state index is 0.541. The van der Waals surface area contributed by atoms with Gasteiger partial charge in [0, 0.05) is 11.3 Å². The summed E-state index contributed by atoms with van der Waals surface area (Å²) in [5.41, 5.74) is 2.73. The molecule has 0 rings (SSSR count). The molecule has 2 N–H and O–H groups in total. The SMILES string of the molecule is CCNN(CC)[P+](=O)O. The molecule has 0 aromatic rings. The second kappa shape index (κ2) is 4.82. The highest BCUT2D eigenvalue weighted by Crippen LogP contribution is 2.16. The fraction of sp³-hybridized carbons (Fsp3) is 1.00. The van der Waals surface area contributed by atoms with Gasteiger partial charge >= 0.3 is 8.18 Å². The van der Waals surface area contributed by atoms with E-state index in [1.54, 1.807) is 0 Å². The van der Waals surface area contributed by atoms with Crippen LogP contribution in [0, 0.1) is 0 Å². The lowest BCUT2D eigenvalue weighted by Gasteiger charge is -2.03. The smallest absolute Gasteiger partial charge is 0.212 e. The Morgan fingerprint density at radius 1 is 1.67 bits per heavy atom. The molecular weight excluding hydrogens is 139 g/mol. The van der Waals surface area contributed by atoms with Crippen LogP contribution in [0.25, 0.3) is 0 Å². The molecule has 1 unspecified atom stereocenters. The van der Waals surface area contributed by atoms with Crippen LogP contribution in [0.15, 0.2) is 0 Å². The third kappa shape index (κ3) is 3.54. The number of rotatable bonds is 4. The topological polar surface area (TPSA) is 52.6 Å². The van der Waals surface area contributed by atoms with Crippen LogP contribution in [0.1, 0.15) is 13.8 Å². The summed E-state index contributed by atoms with van der Waals surface area (Å²) in [5, 5.41) is 0. The van der Waals surface area contributed by atoms with Crippen LogP contribution >= 0.6 is 8.18 Å². The molecule has 0 aliphatic carbocycles. The van der Waals surface area contributed by atoms with Crippen LogP contribution in [-0.4, -0.2) is 22.8 Å². The highest BCUT2D eigenvalue weighted by atomic mass is 31.1. The molecule has 1 atom stereocenters. The summed E-state index contributed by atoms with van der Waals surface area (Å²) in [7, 11) is -2.20. The van der Waals surface area contributed by atoms with Crippen LogP contribution in [-0.2, 0) is 4.57 Å². The average molecular weight is 151 g/mol. The third-order valence-corrected chi connectivity index (χ3v) is 1.68. The first-order valence-corrected chi connectivity index (χ1v) is 4.06. The maximum absolute atomic E-state index is 10.3. The van der Waals surface area contributed by atoms with Gasteiger partial charge in [-0.15, -0.1) is 4.89 Å². The Morgan fingerprint density at radius 2 is 2.22 bits per heavy atom. The summed E-state index contributed by atoms with van der Waals surface area (Å²) >= 11 is 0. The van der Waals surface area contributed by atoms with Crippen LogP contribution in [0.2, 0.25) is 0 Å². The minimum atomic E-state index is -2.20. The molecule has 0 aliphatic rings. The Balaban J connectivity index is 3.54. The van der Waals surface area contributed by atoms with Crippen molar-refractivity contribution in [2.45, 2.75) is 13.8 Å². The average Bonchev–Trinajstić information content (AvgIpc) is 1.82. The summed E-state index contributed by atoms with van der Waals surface area (Å²) in [6.07, 6.45) is 0. The molecule has 0 saturated carbocycles. The van der Waals surface area contributed by atoms with E-state index in [9.17, 15) is 4.57 Å². The van der Waals surface area contributed by atoms with Gasteiger partial charge in [0.25, 0.3) is 0 Å². The number of nitrogens with one attached hydrogen (secondary N) is 1. The Kier molecular flexibility index (Phi) is 4.81.